The van der Waals surface area contributed by atoms with Crippen LogP contribution in [0.2, 0.25) is 0 Å². The quantitative estimate of drug-likeness (QED) is 0.444. The number of benzene rings is 3. The van der Waals surface area contributed by atoms with Crippen LogP contribution in [0.1, 0.15) is 29.5 Å². The molecule has 1 amide bonds. The molecule has 32 heavy (non-hydrogen) atoms. The molecule has 0 aromatic heterocycles. The minimum absolute atomic E-state index is 0.0443. The molecule has 3 aromatic carbocycles. The number of nitrogens with zero attached hydrogens (tertiary/aromatic N) is 1. The molecule has 3 aromatic rings. The Morgan fingerprint density at radius 1 is 1.03 bits per heavy atom. The Morgan fingerprint density at radius 3 is 2.34 bits per heavy atom. The third-order valence-electron chi connectivity index (χ3n) is 6.20. The Labute approximate surface area is 186 Å². The Kier molecular flexibility index (Phi) is 5.05. The van der Waals surface area contributed by atoms with E-state index in [0.29, 0.717) is 11.5 Å². The van der Waals surface area contributed by atoms with E-state index >= 15 is 0 Å². The maximum Gasteiger partial charge on any atom is 0.410 e. The molecular formula is C26H23NO5. The zero-order valence-electron chi connectivity index (χ0n) is 17.9. The lowest BCUT2D eigenvalue weighted by Gasteiger charge is -2.25. The van der Waals surface area contributed by atoms with Crippen LogP contribution in [0.25, 0.3) is 11.1 Å². The second-order valence-corrected chi connectivity index (χ2v) is 8.00. The molecule has 0 spiro atoms. The zero-order valence-corrected chi connectivity index (χ0v) is 17.9. The van der Waals surface area contributed by atoms with E-state index in [2.05, 4.69) is 24.3 Å². The van der Waals surface area contributed by atoms with E-state index in [1.807, 2.05) is 24.3 Å². The van der Waals surface area contributed by atoms with Crippen LogP contribution < -0.4 is 9.47 Å². The molecule has 0 saturated carbocycles. The maximum atomic E-state index is 13.1. The van der Waals surface area contributed by atoms with Crippen molar-refractivity contribution in [3.05, 3.63) is 83.4 Å². The standard InChI is InChI=1S/C26H23NO5/c1-16-25(28)32-24-13-18(30-2)12-11-17(24)14-27(16)26(29)31-15-23-21-9-5-3-7-19(21)20-8-4-6-10-22(20)23/h3-13,16,23H,14-15H2,1-2H3/t16-/m0/s1. The van der Waals surface area contributed by atoms with Crippen LogP contribution >= 0.6 is 0 Å². The normalized spacial score (nSPS) is 17.0. The third-order valence-corrected chi connectivity index (χ3v) is 6.20. The summed E-state index contributed by atoms with van der Waals surface area (Å²) in [6, 6.07) is 20.8. The molecule has 1 aliphatic heterocycles. The molecule has 0 bridgehead atoms. The average molecular weight is 429 g/mol. The average Bonchev–Trinajstić information content (AvgIpc) is 3.08. The molecule has 2 aliphatic rings. The van der Waals surface area contributed by atoms with Crippen molar-refractivity contribution in [2.45, 2.75) is 25.4 Å². The van der Waals surface area contributed by atoms with Crippen LogP contribution in [0, 0.1) is 0 Å². The summed E-state index contributed by atoms with van der Waals surface area (Å²) < 4.78 is 16.5. The SMILES string of the molecule is COc1ccc2c(c1)OC(=O)[C@H](C)N(C(=O)OCC1c3ccccc3-c3ccccc31)C2. The van der Waals surface area contributed by atoms with Crippen molar-refractivity contribution >= 4 is 12.1 Å². The van der Waals surface area contributed by atoms with Gasteiger partial charge in [-0.1, -0.05) is 48.5 Å². The lowest BCUT2D eigenvalue weighted by Crippen LogP contribution is -2.43. The van der Waals surface area contributed by atoms with E-state index in [1.54, 1.807) is 32.2 Å². The van der Waals surface area contributed by atoms with E-state index in [4.69, 9.17) is 14.2 Å². The smallest absolute Gasteiger partial charge is 0.410 e. The number of carbonyl (C=O) groups is 2. The topological polar surface area (TPSA) is 65.1 Å². The van der Waals surface area contributed by atoms with E-state index in [1.165, 1.54) is 16.0 Å². The predicted molar refractivity (Wildman–Crippen MR) is 119 cm³/mol. The molecule has 6 nitrogen and oxygen atoms in total. The molecule has 0 saturated heterocycles. The number of esters is 1. The van der Waals surface area contributed by atoms with Crippen LogP contribution in [-0.2, 0) is 16.1 Å². The van der Waals surface area contributed by atoms with E-state index in [0.717, 1.165) is 16.7 Å². The van der Waals surface area contributed by atoms with Gasteiger partial charge >= 0.3 is 12.1 Å². The van der Waals surface area contributed by atoms with Crippen LogP contribution in [0.15, 0.2) is 66.7 Å². The first-order chi connectivity index (χ1) is 15.6. The summed E-state index contributed by atoms with van der Waals surface area (Å²) in [4.78, 5) is 27.1. The number of rotatable bonds is 3. The largest absolute Gasteiger partial charge is 0.497 e. The summed E-state index contributed by atoms with van der Waals surface area (Å²) in [6.07, 6.45) is -0.542. The molecule has 0 unspecified atom stereocenters. The van der Waals surface area contributed by atoms with Gasteiger partial charge in [0.1, 0.15) is 24.1 Å². The van der Waals surface area contributed by atoms with Crippen LogP contribution in [0.4, 0.5) is 4.79 Å². The first-order valence-electron chi connectivity index (χ1n) is 10.6. The highest BCUT2D eigenvalue weighted by atomic mass is 16.6. The Bertz CT molecular complexity index is 1160. The predicted octanol–water partition coefficient (Wildman–Crippen LogP) is 4.75. The third kappa shape index (κ3) is 3.38. The number of carbonyl (C=O) groups excluding carboxylic acids is 2. The highest BCUT2D eigenvalue weighted by Gasteiger charge is 2.35. The molecule has 5 rings (SSSR count). The molecule has 6 heteroatoms. The fourth-order valence-electron chi connectivity index (χ4n) is 4.43. The molecule has 0 radical (unpaired) electrons. The number of hydrogen-bond acceptors (Lipinski definition) is 5. The number of methoxy groups -OCH3 is 1. The van der Waals surface area contributed by atoms with Crippen molar-refractivity contribution in [2.24, 2.45) is 0 Å². The second kappa shape index (κ2) is 8.04. The van der Waals surface area contributed by atoms with Gasteiger partial charge in [-0.2, -0.15) is 0 Å². The fourth-order valence-corrected chi connectivity index (χ4v) is 4.43. The first kappa shape index (κ1) is 20.1. The Hall–Kier alpha value is -3.80. The minimum Gasteiger partial charge on any atom is -0.497 e. The lowest BCUT2D eigenvalue weighted by atomic mass is 9.98. The number of fused-ring (bicyclic) bond motifs is 4. The summed E-state index contributed by atoms with van der Waals surface area (Å²) in [6.45, 7) is 2.05. The van der Waals surface area contributed by atoms with E-state index in [-0.39, 0.29) is 19.1 Å². The van der Waals surface area contributed by atoms with Gasteiger partial charge in [-0.05, 0) is 41.3 Å². The van der Waals surface area contributed by atoms with Gasteiger partial charge in [-0.15, -0.1) is 0 Å². The van der Waals surface area contributed by atoms with Crippen LogP contribution in [0.3, 0.4) is 0 Å². The second-order valence-electron chi connectivity index (χ2n) is 8.00. The van der Waals surface area contributed by atoms with Crippen molar-refractivity contribution in [3.63, 3.8) is 0 Å². The van der Waals surface area contributed by atoms with Crippen molar-refractivity contribution < 1.29 is 23.8 Å². The van der Waals surface area contributed by atoms with Crippen molar-refractivity contribution in [3.8, 4) is 22.6 Å². The van der Waals surface area contributed by atoms with Gasteiger partial charge in [0.15, 0.2) is 0 Å². The van der Waals surface area contributed by atoms with Crippen molar-refractivity contribution in [1.82, 2.24) is 4.90 Å². The van der Waals surface area contributed by atoms with Gasteiger partial charge in [0.05, 0.1) is 13.7 Å². The number of amides is 1. The molecule has 0 N–H and O–H groups in total. The van der Waals surface area contributed by atoms with Gasteiger partial charge in [0.25, 0.3) is 0 Å². The van der Waals surface area contributed by atoms with Gasteiger partial charge in [-0.3, -0.25) is 4.90 Å². The minimum atomic E-state index is -0.774. The highest BCUT2D eigenvalue weighted by Crippen LogP contribution is 2.44. The monoisotopic (exact) mass is 429 g/mol. The fraction of sp³-hybridized carbons (Fsp3) is 0.231. The molecule has 1 atom stereocenters. The van der Waals surface area contributed by atoms with E-state index in [9.17, 15) is 9.59 Å². The summed E-state index contributed by atoms with van der Waals surface area (Å²) in [5, 5.41) is 0. The molecule has 1 aliphatic carbocycles. The first-order valence-corrected chi connectivity index (χ1v) is 10.6. The summed E-state index contributed by atoms with van der Waals surface area (Å²) in [7, 11) is 1.55. The Morgan fingerprint density at radius 2 is 1.69 bits per heavy atom. The molecule has 1 heterocycles. The summed E-state index contributed by atoms with van der Waals surface area (Å²) in [5.74, 6) is 0.427. The van der Waals surface area contributed by atoms with Gasteiger partial charge in [0, 0.05) is 17.5 Å². The highest BCUT2D eigenvalue weighted by molar-refractivity contribution is 5.84. The van der Waals surface area contributed by atoms with E-state index < -0.39 is 18.1 Å². The Balaban J connectivity index is 1.37. The van der Waals surface area contributed by atoms with Crippen LogP contribution in [-0.4, -0.2) is 36.7 Å². The molecule has 162 valence electrons. The molecular weight excluding hydrogens is 406 g/mol. The number of ether oxygens (including phenoxy) is 3. The number of hydrogen-bond donors (Lipinski definition) is 0. The van der Waals surface area contributed by atoms with Crippen molar-refractivity contribution in [1.29, 1.82) is 0 Å². The molecule has 0 fully saturated rings. The summed E-state index contributed by atoms with van der Waals surface area (Å²) >= 11 is 0. The summed E-state index contributed by atoms with van der Waals surface area (Å²) in [5.41, 5.74) is 5.33. The maximum absolute atomic E-state index is 13.1. The zero-order chi connectivity index (χ0) is 22.2. The van der Waals surface area contributed by atoms with Gasteiger partial charge in [-0.25, -0.2) is 9.59 Å². The van der Waals surface area contributed by atoms with Crippen LogP contribution in [0.5, 0.6) is 11.5 Å². The lowest BCUT2D eigenvalue weighted by molar-refractivity contribution is -0.138. The van der Waals surface area contributed by atoms with Gasteiger partial charge in [0.2, 0.25) is 0 Å². The van der Waals surface area contributed by atoms with Gasteiger partial charge < -0.3 is 14.2 Å². The van der Waals surface area contributed by atoms with Crippen molar-refractivity contribution in [2.75, 3.05) is 13.7 Å².